The molecule has 5 nitrogen and oxygen atoms in total. The molecule has 1 fully saturated rings. The maximum atomic E-state index is 6.01. The SMILES string of the molecule is Nc1nc2ccccc2nc1N1CCCC(N)C1. The van der Waals surface area contributed by atoms with E-state index in [1.807, 2.05) is 24.3 Å². The van der Waals surface area contributed by atoms with E-state index in [0.717, 1.165) is 42.8 Å². The second kappa shape index (κ2) is 4.42. The molecule has 1 aromatic carbocycles. The van der Waals surface area contributed by atoms with Crippen LogP contribution < -0.4 is 16.4 Å². The van der Waals surface area contributed by atoms with Gasteiger partial charge < -0.3 is 16.4 Å². The first-order valence-corrected chi connectivity index (χ1v) is 6.27. The van der Waals surface area contributed by atoms with Crippen molar-refractivity contribution in [3.63, 3.8) is 0 Å². The Kier molecular flexibility index (Phi) is 2.76. The van der Waals surface area contributed by atoms with Crippen LogP contribution in [0.5, 0.6) is 0 Å². The summed E-state index contributed by atoms with van der Waals surface area (Å²) >= 11 is 0. The average molecular weight is 243 g/mol. The first-order chi connectivity index (χ1) is 8.74. The normalized spacial score (nSPS) is 20.3. The monoisotopic (exact) mass is 243 g/mol. The van der Waals surface area contributed by atoms with Gasteiger partial charge in [0.2, 0.25) is 0 Å². The molecule has 18 heavy (non-hydrogen) atoms. The first-order valence-electron chi connectivity index (χ1n) is 6.27. The van der Waals surface area contributed by atoms with E-state index in [1.54, 1.807) is 0 Å². The summed E-state index contributed by atoms with van der Waals surface area (Å²) in [5.41, 5.74) is 13.7. The maximum Gasteiger partial charge on any atom is 0.172 e. The second-order valence-electron chi connectivity index (χ2n) is 4.77. The van der Waals surface area contributed by atoms with Crippen LogP contribution in [0, 0.1) is 0 Å². The standard InChI is InChI=1S/C13H17N5/c14-9-4-3-7-18(8-9)13-12(15)16-10-5-1-2-6-11(10)17-13/h1-2,5-6,9H,3-4,7-8,14H2,(H2,15,16). The third-order valence-corrected chi connectivity index (χ3v) is 3.34. The Labute approximate surface area is 106 Å². The molecule has 0 amide bonds. The molecule has 0 radical (unpaired) electrons. The molecule has 0 saturated carbocycles. The Bertz CT molecular complexity index is 568. The molecule has 4 N–H and O–H groups in total. The van der Waals surface area contributed by atoms with E-state index in [4.69, 9.17) is 11.5 Å². The van der Waals surface area contributed by atoms with Crippen molar-refractivity contribution in [2.24, 2.45) is 5.73 Å². The highest BCUT2D eigenvalue weighted by Gasteiger charge is 2.20. The van der Waals surface area contributed by atoms with Crippen molar-refractivity contribution in [3.8, 4) is 0 Å². The average Bonchev–Trinajstić information content (AvgIpc) is 2.38. The molecule has 1 aromatic heterocycles. The highest BCUT2D eigenvalue weighted by atomic mass is 15.2. The predicted octanol–water partition coefficient (Wildman–Crippen LogP) is 1.14. The molecule has 0 aliphatic carbocycles. The largest absolute Gasteiger partial charge is 0.381 e. The minimum atomic E-state index is 0.200. The number of piperidine rings is 1. The van der Waals surface area contributed by atoms with Crippen LogP contribution in [0.1, 0.15) is 12.8 Å². The van der Waals surface area contributed by atoms with Crippen molar-refractivity contribution in [2.45, 2.75) is 18.9 Å². The Balaban J connectivity index is 2.02. The zero-order chi connectivity index (χ0) is 12.5. The maximum absolute atomic E-state index is 6.01. The van der Waals surface area contributed by atoms with Gasteiger partial charge in [0.15, 0.2) is 11.6 Å². The molecule has 2 heterocycles. The topological polar surface area (TPSA) is 81.1 Å². The van der Waals surface area contributed by atoms with E-state index in [2.05, 4.69) is 14.9 Å². The Morgan fingerprint density at radius 2 is 1.89 bits per heavy atom. The number of nitrogens with two attached hydrogens (primary N) is 2. The smallest absolute Gasteiger partial charge is 0.172 e. The van der Waals surface area contributed by atoms with Crippen molar-refractivity contribution in [3.05, 3.63) is 24.3 Å². The summed E-state index contributed by atoms with van der Waals surface area (Å²) in [5.74, 6) is 1.26. The van der Waals surface area contributed by atoms with Crippen LogP contribution in [0.2, 0.25) is 0 Å². The van der Waals surface area contributed by atoms with E-state index < -0.39 is 0 Å². The van der Waals surface area contributed by atoms with Crippen LogP contribution in [0.3, 0.4) is 0 Å². The van der Waals surface area contributed by atoms with Crippen LogP contribution in [0.15, 0.2) is 24.3 Å². The third-order valence-electron chi connectivity index (χ3n) is 3.34. The molecule has 94 valence electrons. The lowest BCUT2D eigenvalue weighted by atomic mass is 10.1. The lowest BCUT2D eigenvalue weighted by Gasteiger charge is -2.32. The van der Waals surface area contributed by atoms with E-state index in [-0.39, 0.29) is 6.04 Å². The number of anilines is 2. The minimum Gasteiger partial charge on any atom is -0.381 e. The van der Waals surface area contributed by atoms with Gasteiger partial charge in [0.25, 0.3) is 0 Å². The van der Waals surface area contributed by atoms with Gasteiger partial charge >= 0.3 is 0 Å². The highest BCUT2D eigenvalue weighted by molar-refractivity contribution is 5.79. The van der Waals surface area contributed by atoms with Gasteiger partial charge in [-0.3, -0.25) is 0 Å². The van der Waals surface area contributed by atoms with Crippen LogP contribution in [0.4, 0.5) is 11.6 Å². The predicted molar refractivity (Wildman–Crippen MR) is 73.4 cm³/mol. The van der Waals surface area contributed by atoms with Crippen LogP contribution in [0.25, 0.3) is 11.0 Å². The number of rotatable bonds is 1. The van der Waals surface area contributed by atoms with E-state index in [1.165, 1.54) is 0 Å². The fraction of sp³-hybridized carbons (Fsp3) is 0.385. The highest BCUT2D eigenvalue weighted by Crippen LogP contribution is 2.24. The molecule has 2 aromatic rings. The van der Waals surface area contributed by atoms with Gasteiger partial charge in [-0.1, -0.05) is 12.1 Å². The number of nitrogen functional groups attached to an aromatic ring is 1. The molecular formula is C13H17N5. The Morgan fingerprint density at radius 3 is 2.61 bits per heavy atom. The Hall–Kier alpha value is -1.88. The molecule has 5 heteroatoms. The van der Waals surface area contributed by atoms with Gasteiger partial charge in [-0.25, -0.2) is 9.97 Å². The third kappa shape index (κ3) is 1.97. The fourth-order valence-corrected chi connectivity index (χ4v) is 2.44. The zero-order valence-electron chi connectivity index (χ0n) is 10.2. The lowest BCUT2D eigenvalue weighted by molar-refractivity contribution is 0.503. The number of para-hydroxylation sites is 2. The summed E-state index contributed by atoms with van der Waals surface area (Å²) in [7, 11) is 0. The van der Waals surface area contributed by atoms with E-state index in [9.17, 15) is 0 Å². The number of fused-ring (bicyclic) bond motifs is 1. The van der Waals surface area contributed by atoms with Crippen LogP contribution in [-0.4, -0.2) is 29.1 Å². The molecule has 1 atom stereocenters. The molecule has 3 rings (SSSR count). The van der Waals surface area contributed by atoms with Gasteiger partial charge in [-0.05, 0) is 25.0 Å². The summed E-state index contributed by atoms with van der Waals surface area (Å²) in [4.78, 5) is 11.2. The lowest BCUT2D eigenvalue weighted by Crippen LogP contribution is -2.43. The molecule has 0 bridgehead atoms. The molecule has 1 aliphatic heterocycles. The van der Waals surface area contributed by atoms with Gasteiger partial charge in [-0.15, -0.1) is 0 Å². The van der Waals surface area contributed by atoms with Crippen molar-refractivity contribution in [1.29, 1.82) is 0 Å². The van der Waals surface area contributed by atoms with Crippen molar-refractivity contribution < 1.29 is 0 Å². The minimum absolute atomic E-state index is 0.200. The number of benzene rings is 1. The summed E-state index contributed by atoms with van der Waals surface area (Å²) in [6.07, 6.45) is 2.15. The van der Waals surface area contributed by atoms with Crippen LogP contribution >= 0.6 is 0 Å². The Morgan fingerprint density at radius 1 is 1.17 bits per heavy atom. The quantitative estimate of drug-likeness (QED) is 0.785. The molecular weight excluding hydrogens is 226 g/mol. The van der Waals surface area contributed by atoms with Gasteiger partial charge in [0.05, 0.1) is 11.0 Å². The van der Waals surface area contributed by atoms with Gasteiger partial charge in [0, 0.05) is 19.1 Å². The number of nitrogens with zero attached hydrogens (tertiary/aromatic N) is 3. The number of hydrogen-bond donors (Lipinski definition) is 2. The van der Waals surface area contributed by atoms with E-state index >= 15 is 0 Å². The molecule has 1 unspecified atom stereocenters. The summed E-state index contributed by atoms with van der Waals surface area (Å²) < 4.78 is 0. The van der Waals surface area contributed by atoms with Gasteiger partial charge in [0.1, 0.15) is 0 Å². The van der Waals surface area contributed by atoms with Crippen molar-refractivity contribution in [1.82, 2.24) is 9.97 Å². The first kappa shape index (κ1) is 11.2. The molecule has 0 spiro atoms. The van der Waals surface area contributed by atoms with Crippen molar-refractivity contribution in [2.75, 3.05) is 23.7 Å². The summed E-state index contributed by atoms with van der Waals surface area (Å²) in [5, 5.41) is 0. The van der Waals surface area contributed by atoms with Crippen molar-refractivity contribution >= 4 is 22.7 Å². The zero-order valence-corrected chi connectivity index (χ0v) is 10.2. The summed E-state index contributed by atoms with van der Waals surface area (Å²) in [6, 6.07) is 7.97. The number of hydrogen-bond acceptors (Lipinski definition) is 5. The molecule has 1 saturated heterocycles. The molecule has 1 aliphatic rings. The van der Waals surface area contributed by atoms with Gasteiger partial charge in [-0.2, -0.15) is 0 Å². The van der Waals surface area contributed by atoms with E-state index in [0.29, 0.717) is 5.82 Å². The number of aromatic nitrogens is 2. The second-order valence-corrected chi connectivity index (χ2v) is 4.77. The fourth-order valence-electron chi connectivity index (χ4n) is 2.44. The summed E-state index contributed by atoms with van der Waals surface area (Å²) in [6.45, 7) is 1.75. The van der Waals surface area contributed by atoms with Crippen LogP contribution in [-0.2, 0) is 0 Å².